The van der Waals surface area contributed by atoms with Crippen molar-refractivity contribution >= 4 is 17.5 Å². The van der Waals surface area contributed by atoms with Crippen molar-refractivity contribution in [1.82, 2.24) is 4.90 Å². The number of benzene rings is 2. The fourth-order valence-electron chi connectivity index (χ4n) is 3.55. The first kappa shape index (κ1) is 16.3. The molecule has 1 saturated carbocycles. The number of anilines is 1. The molecule has 0 bridgehead atoms. The van der Waals surface area contributed by atoms with E-state index in [1.165, 1.54) is 5.56 Å². The van der Waals surface area contributed by atoms with Crippen LogP contribution in [0.2, 0.25) is 0 Å². The summed E-state index contributed by atoms with van der Waals surface area (Å²) in [5, 5.41) is 11.8. The maximum atomic E-state index is 13.1. The van der Waals surface area contributed by atoms with Crippen LogP contribution in [0.3, 0.4) is 0 Å². The smallest absolute Gasteiger partial charge is 0.240 e. The van der Waals surface area contributed by atoms with E-state index >= 15 is 0 Å². The van der Waals surface area contributed by atoms with Crippen molar-refractivity contribution in [2.24, 2.45) is 5.41 Å². The van der Waals surface area contributed by atoms with E-state index in [0.717, 1.165) is 12.0 Å². The summed E-state index contributed by atoms with van der Waals surface area (Å²) in [6.07, 6.45) is 1.98. The molecule has 0 aromatic heterocycles. The number of nitriles is 1. The van der Waals surface area contributed by atoms with Crippen LogP contribution in [0.25, 0.3) is 0 Å². The Morgan fingerprint density at radius 1 is 1.08 bits per heavy atom. The molecule has 2 aliphatic rings. The van der Waals surface area contributed by atoms with Gasteiger partial charge in [-0.25, -0.2) is 0 Å². The Morgan fingerprint density at radius 2 is 1.85 bits per heavy atom. The van der Waals surface area contributed by atoms with Crippen LogP contribution in [0.4, 0.5) is 5.69 Å². The summed E-state index contributed by atoms with van der Waals surface area (Å²) in [5.74, 6) is -0.350. The molecule has 1 aliphatic heterocycles. The average Bonchev–Trinajstić information content (AvgIpc) is 3.49. The number of carbonyl (C=O) groups excluding carboxylic acids is 2. The molecule has 26 heavy (non-hydrogen) atoms. The minimum absolute atomic E-state index is 0.0825. The summed E-state index contributed by atoms with van der Waals surface area (Å²) in [6, 6.07) is 16.9. The number of nitrogens with one attached hydrogen (secondary N) is 1. The topological polar surface area (TPSA) is 73.2 Å². The summed E-state index contributed by atoms with van der Waals surface area (Å²) >= 11 is 0. The number of nitrogens with zero attached hydrogens (tertiary/aromatic N) is 2. The molecule has 0 atom stereocenters. The Balaban J connectivity index is 1.49. The maximum absolute atomic E-state index is 13.1. The van der Waals surface area contributed by atoms with Crippen molar-refractivity contribution in [3.05, 3.63) is 65.2 Å². The highest BCUT2D eigenvalue weighted by Crippen LogP contribution is 2.48. The van der Waals surface area contributed by atoms with Crippen LogP contribution in [0.1, 0.15) is 29.5 Å². The van der Waals surface area contributed by atoms with Crippen LogP contribution in [0, 0.1) is 16.7 Å². The Hall–Kier alpha value is -3.13. The molecule has 5 nitrogen and oxygen atoms in total. The van der Waals surface area contributed by atoms with Gasteiger partial charge in [-0.1, -0.05) is 30.3 Å². The van der Waals surface area contributed by atoms with Crippen molar-refractivity contribution < 1.29 is 9.59 Å². The molecule has 0 spiro atoms. The fraction of sp³-hybridized carbons (Fsp3) is 0.286. The number of rotatable bonds is 3. The second-order valence-electron chi connectivity index (χ2n) is 6.97. The van der Waals surface area contributed by atoms with Gasteiger partial charge in [0.1, 0.15) is 5.41 Å². The largest absolute Gasteiger partial charge is 0.337 e. The van der Waals surface area contributed by atoms with Crippen LogP contribution >= 0.6 is 0 Å². The Labute approximate surface area is 152 Å². The van der Waals surface area contributed by atoms with E-state index in [4.69, 9.17) is 5.26 Å². The molecule has 1 N–H and O–H groups in total. The molecule has 2 aromatic carbocycles. The molecule has 5 heteroatoms. The second kappa shape index (κ2) is 6.30. The fourth-order valence-corrected chi connectivity index (χ4v) is 3.55. The van der Waals surface area contributed by atoms with Gasteiger partial charge in [0.15, 0.2) is 0 Å². The normalized spacial score (nSPS) is 17.0. The van der Waals surface area contributed by atoms with E-state index in [-0.39, 0.29) is 11.8 Å². The predicted octanol–water partition coefficient (Wildman–Crippen LogP) is 2.86. The lowest BCUT2D eigenvalue weighted by Gasteiger charge is -2.31. The monoisotopic (exact) mass is 345 g/mol. The number of hydrogen-bond donors (Lipinski definition) is 1. The van der Waals surface area contributed by atoms with E-state index in [0.29, 0.717) is 37.2 Å². The molecule has 1 aliphatic carbocycles. The number of fused-ring (bicyclic) bond motifs is 1. The van der Waals surface area contributed by atoms with Crippen LogP contribution in [-0.2, 0) is 22.6 Å². The second-order valence-corrected chi connectivity index (χ2v) is 6.97. The first-order valence-corrected chi connectivity index (χ1v) is 8.80. The Bertz CT molecular complexity index is 925. The van der Waals surface area contributed by atoms with Crippen molar-refractivity contribution in [2.75, 3.05) is 11.9 Å². The lowest BCUT2D eigenvalue weighted by Crippen LogP contribution is -2.45. The minimum atomic E-state index is -0.949. The van der Waals surface area contributed by atoms with Gasteiger partial charge in [-0.2, -0.15) is 5.26 Å². The molecule has 0 radical (unpaired) electrons. The van der Waals surface area contributed by atoms with E-state index < -0.39 is 5.41 Å². The van der Waals surface area contributed by atoms with Crippen LogP contribution in [-0.4, -0.2) is 23.3 Å². The first-order valence-electron chi connectivity index (χ1n) is 8.80. The average molecular weight is 345 g/mol. The van der Waals surface area contributed by atoms with Gasteiger partial charge in [-0.3, -0.25) is 9.59 Å². The van der Waals surface area contributed by atoms with Gasteiger partial charge in [0.05, 0.1) is 11.6 Å². The van der Waals surface area contributed by atoms with Crippen molar-refractivity contribution in [3.8, 4) is 6.07 Å². The molecular formula is C21H19N3O2. The maximum Gasteiger partial charge on any atom is 0.240 e. The van der Waals surface area contributed by atoms with E-state index in [2.05, 4.69) is 17.5 Å². The standard InChI is InChI=1S/C21H19N3O2/c22-13-15-4-3-7-18(12-15)23-19(25)21(9-10-21)20(26)24-11-8-16-5-1-2-6-17(16)14-24/h1-7,12H,8-11,14H2,(H,23,25). The molecule has 0 unspecified atom stereocenters. The van der Waals surface area contributed by atoms with Crippen molar-refractivity contribution in [3.63, 3.8) is 0 Å². The van der Waals surface area contributed by atoms with Crippen molar-refractivity contribution in [1.29, 1.82) is 5.26 Å². The third-order valence-corrected chi connectivity index (χ3v) is 5.26. The molecule has 2 amide bonds. The summed E-state index contributed by atoms with van der Waals surface area (Å²) in [6.45, 7) is 1.21. The highest BCUT2D eigenvalue weighted by molar-refractivity contribution is 6.13. The van der Waals surface area contributed by atoms with Crippen molar-refractivity contribution in [2.45, 2.75) is 25.8 Å². The van der Waals surface area contributed by atoms with Crippen LogP contribution in [0.15, 0.2) is 48.5 Å². The first-order chi connectivity index (χ1) is 12.6. The van der Waals surface area contributed by atoms with Gasteiger partial charge >= 0.3 is 0 Å². The molecule has 4 rings (SSSR count). The number of hydrogen-bond acceptors (Lipinski definition) is 3. The van der Waals surface area contributed by atoms with Crippen LogP contribution in [0.5, 0.6) is 0 Å². The summed E-state index contributed by atoms with van der Waals surface area (Å²) < 4.78 is 0. The zero-order valence-electron chi connectivity index (χ0n) is 14.4. The zero-order valence-corrected chi connectivity index (χ0v) is 14.4. The van der Waals surface area contributed by atoms with E-state index in [9.17, 15) is 9.59 Å². The van der Waals surface area contributed by atoms with Gasteiger partial charge in [-0.15, -0.1) is 0 Å². The predicted molar refractivity (Wildman–Crippen MR) is 97.0 cm³/mol. The Kier molecular flexibility index (Phi) is 3.96. The summed E-state index contributed by atoms with van der Waals surface area (Å²) in [4.78, 5) is 27.7. The van der Waals surface area contributed by atoms with Crippen LogP contribution < -0.4 is 5.32 Å². The molecule has 0 saturated heterocycles. The molecule has 2 aromatic rings. The SMILES string of the molecule is N#Cc1cccc(NC(=O)C2(C(=O)N3CCc4ccccc4C3)CC2)c1. The minimum Gasteiger partial charge on any atom is -0.337 e. The van der Waals surface area contributed by atoms with Gasteiger partial charge in [0.25, 0.3) is 0 Å². The molecule has 130 valence electrons. The zero-order chi connectivity index (χ0) is 18.1. The highest BCUT2D eigenvalue weighted by Gasteiger charge is 2.58. The third-order valence-electron chi connectivity index (χ3n) is 5.26. The number of amides is 2. The molecule has 1 heterocycles. The highest BCUT2D eigenvalue weighted by atomic mass is 16.2. The number of carbonyl (C=O) groups is 2. The van der Waals surface area contributed by atoms with E-state index in [1.54, 1.807) is 29.2 Å². The molecule has 1 fully saturated rings. The summed E-state index contributed by atoms with van der Waals surface area (Å²) in [7, 11) is 0. The van der Waals surface area contributed by atoms with Gasteiger partial charge in [-0.05, 0) is 48.6 Å². The lowest BCUT2D eigenvalue weighted by molar-refractivity contribution is -0.143. The van der Waals surface area contributed by atoms with Gasteiger partial charge in [0.2, 0.25) is 11.8 Å². The van der Waals surface area contributed by atoms with Gasteiger partial charge in [0, 0.05) is 18.8 Å². The third kappa shape index (κ3) is 2.84. The molecular weight excluding hydrogens is 326 g/mol. The van der Waals surface area contributed by atoms with Gasteiger partial charge < -0.3 is 10.2 Å². The Morgan fingerprint density at radius 3 is 2.58 bits per heavy atom. The summed E-state index contributed by atoms with van der Waals surface area (Å²) in [5.41, 5.74) is 2.52. The lowest BCUT2D eigenvalue weighted by atomic mass is 9.97. The quantitative estimate of drug-likeness (QED) is 0.870. The van der Waals surface area contributed by atoms with E-state index in [1.807, 2.05) is 18.2 Å².